The Bertz CT molecular complexity index is 1610. The summed E-state index contributed by atoms with van der Waals surface area (Å²) in [6.45, 7) is 3.08. The summed E-state index contributed by atoms with van der Waals surface area (Å²) in [4.78, 5) is 25.6. The van der Waals surface area contributed by atoms with Gasteiger partial charge in [0.1, 0.15) is 0 Å². The van der Waals surface area contributed by atoms with Crippen molar-refractivity contribution in [3.63, 3.8) is 0 Å². The second-order valence-corrected chi connectivity index (χ2v) is 10.3. The maximum atomic E-state index is 13.0. The van der Waals surface area contributed by atoms with E-state index in [0.717, 1.165) is 34.8 Å². The third-order valence-electron chi connectivity index (χ3n) is 7.72. The number of benzene rings is 3. The zero-order valence-electron chi connectivity index (χ0n) is 23.0. The standard InChI is InChI=1S/C31H35N5O4/c1-18(32)28(35(2)34)22-15-24(30(33)37)27-23-10-9-21(31(38)39-3)16-25(23)36(26(27)17-22)29(19-7-5-4-6-8-19)20-11-13-40-14-12-20/h4-10,15-17,20,29H,11-14,32,34H2,1-3H3,(H2,33,37)/b28-18-. The Morgan fingerprint density at radius 2 is 1.68 bits per heavy atom. The van der Waals surface area contributed by atoms with Crippen molar-refractivity contribution in [2.75, 3.05) is 27.4 Å². The van der Waals surface area contributed by atoms with Crippen LogP contribution in [0.4, 0.5) is 0 Å². The summed E-state index contributed by atoms with van der Waals surface area (Å²) in [6, 6.07) is 19.3. The maximum absolute atomic E-state index is 13.0. The number of hydrazine groups is 1. The van der Waals surface area contributed by atoms with E-state index in [1.807, 2.05) is 36.4 Å². The Balaban J connectivity index is 1.96. The molecular formula is C31H35N5O4. The number of amides is 1. The molecule has 208 valence electrons. The van der Waals surface area contributed by atoms with E-state index in [-0.39, 0.29) is 12.0 Å². The minimum Gasteiger partial charge on any atom is -0.465 e. The van der Waals surface area contributed by atoms with Crippen LogP contribution in [-0.2, 0) is 9.47 Å². The topological polar surface area (TPSA) is 139 Å². The van der Waals surface area contributed by atoms with Gasteiger partial charge in [0.15, 0.2) is 0 Å². The molecule has 1 unspecified atom stereocenters. The van der Waals surface area contributed by atoms with Gasteiger partial charge in [0.25, 0.3) is 0 Å². The van der Waals surface area contributed by atoms with Crippen molar-refractivity contribution in [1.82, 2.24) is 9.58 Å². The van der Waals surface area contributed by atoms with Crippen LogP contribution in [0.25, 0.3) is 27.5 Å². The molecular weight excluding hydrogens is 506 g/mol. The molecule has 1 atom stereocenters. The maximum Gasteiger partial charge on any atom is 0.337 e. The molecule has 2 heterocycles. The molecule has 0 spiro atoms. The van der Waals surface area contributed by atoms with Crippen molar-refractivity contribution in [2.45, 2.75) is 25.8 Å². The van der Waals surface area contributed by atoms with Gasteiger partial charge in [-0.25, -0.2) is 10.6 Å². The van der Waals surface area contributed by atoms with Crippen molar-refractivity contribution in [1.29, 1.82) is 0 Å². The van der Waals surface area contributed by atoms with E-state index in [0.29, 0.717) is 46.7 Å². The summed E-state index contributed by atoms with van der Waals surface area (Å²) in [7, 11) is 3.06. The summed E-state index contributed by atoms with van der Waals surface area (Å²) in [5.74, 6) is 5.42. The second kappa shape index (κ2) is 11.0. The lowest BCUT2D eigenvalue weighted by Crippen LogP contribution is -2.28. The highest BCUT2D eigenvalue weighted by Crippen LogP contribution is 2.43. The van der Waals surface area contributed by atoms with E-state index in [2.05, 4.69) is 16.7 Å². The summed E-state index contributed by atoms with van der Waals surface area (Å²) < 4.78 is 13.0. The van der Waals surface area contributed by atoms with Gasteiger partial charge in [-0.2, -0.15) is 0 Å². The first-order chi connectivity index (χ1) is 19.2. The number of fused-ring (bicyclic) bond motifs is 3. The summed E-state index contributed by atoms with van der Waals surface area (Å²) in [6.07, 6.45) is 1.72. The monoisotopic (exact) mass is 541 g/mol. The SMILES string of the molecule is COC(=O)c1ccc2c3c(C(N)=O)cc(/C(=C(\C)N)N(C)N)cc3n(C(c3ccccc3)C3CCOCC3)c2c1. The predicted octanol–water partition coefficient (Wildman–Crippen LogP) is 4.15. The van der Waals surface area contributed by atoms with Crippen molar-refractivity contribution in [2.24, 2.45) is 23.2 Å². The van der Waals surface area contributed by atoms with Gasteiger partial charge < -0.3 is 30.5 Å². The molecule has 4 aromatic rings. The van der Waals surface area contributed by atoms with Gasteiger partial charge in [0.2, 0.25) is 5.91 Å². The quantitative estimate of drug-likeness (QED) is 0.181. The van der Waals surface area contributed by atoms with E-state index in [4.69, 9.17) is 26.8 Å². The summed E-state index contributed by atoms with van der Waals surface area (Å²) >= 11 is 0. The number of carbonyl (C=O) groups excluding carboxylic acids is 2. The molecule has 1 aliphatic heterocycles. The van der Waals surface area contributed by atoms with Crippen LogP contribution in [-0.4, -0.2) is 48.8 Å². The van der Waals surface area contributed by atoms with E-state index in [9.17, 15) is 9.59 Å². The number of ether oxygens (including phenoxy) is 2. The number of nitrogens with two attached hydrogens (primary N) is 3. The van der Waals surface area contributed by atoms with Crippen LogP contribution < -0.4 is 17.3 Å². The van der Waals surface area contributed by atoms with E-state index in [1.165, 1.54) is 12.1 Å². The molecule has 0 bridgehead atoms. The Labute approximate surface area is 233 Å². The van der Waals surface area contributed by atoms with Crippen LogP contribution in [0.5, 0.6) is 0 Å². The Hall–Kier alpha value is -4.34. The van der Waals surface area contributed by atoms with Crippen LogP contribution in [0.3, 0.4) is 0 Å². The van der Waals surface area contributed by atoms with Crippen LogP contribution in [0.1, 0.15) is 57.7 Å². The van der Waals surface area contributed by atoms with Crippen molar-refractivity contribution in [3.8, 4) is 0 Å². The molecule has 1 amide bonds. The van der Waals surface area contributed by atoms with E-state index in [1.54, 1.807) is 26.1 Å². The molecule has 9 heteroatoms. The first-order valence-electron chi connectivity index (χ1n) is 13.3. The van der Waals surface area contributed by atoms with Gasteiger partial charge in [0.05, 0.1) is 35.4 Å². The number of carbonyl (C=O) groups is 2. The van der Waals surface area contributed by atoms with Crippen molar-refractivity contribution in [3.05, 3.63) is 88.6 Å². The molecule has 0 saturated carbocycles. The minimum absolute atomic E-state index is 0.115. The predicted molar refractivity (Wildman–Crippen MR) is 156 cm³/mol. The smallest absolute Gasteiger partial charge is 0.337 e. The molecule has 5 rings (SSSR count). The highest BCUT2D eigenvalue weighted by Gasteiger charge is 2.31. The van der Waals surface area contributed by atoms with E-state index >= 15 is 0 Å². The average molecular weight is 542 g/mol. The number of primary amides is 1. The molecule has 0 aliphatic carbocycles. The van der Waals surface area contributed by atoms with Crippen LogP contribution in [0.15, 0.2) is 66.4 Å². The van der Waals surface area contributed by atoms with Gasteiger partial charge in [-0.1, -0.05) is 36.4 Å². The lowest BCUT2D eigenvalue weighted by Gasteiger charge is -2.33. The Morgan fingerprint density at radius 1 is 1.00 bits per heavy atom. The fraction of sp³-hybridized carbons (Fsp3) is 0.290. The van der Waals surface area contributed by atoms with Crippen molar-refractivity contribution >= 4 is 39.4 Å². The largest absolute Gasteiger partial charge is 0.465 e. The minimum atomic E-state index is -0.570. The molecule has 1 aliphatic rings. The Morgan fingerprint density at radius 3 is 2.27 bits per heavy atom. The second-order valence-electron chi connectivity index (χ2n) is 10.3. The number of hydrogen-bond donors (Lipinski definition) is 3. The zero-order valence-corrected chi connectivity index (χ0v) is 23.0. The average Bonchev–Trinajstić information content (AvgIpc) is 3.26. The molecule has 40 heavy (non-hydrogen) atoms. The third-order valence-corrected chi connectivity index (χ3v) is 7.72. The fourth-order valence-corrected chi connectivity index (χ4v) is 6.07. The zero-order chi connectivity index (χ0) is 28.6. The highest BCUT2D eigenvalue weighted by molar-refractivity contribution is 6.19. The van der Waals surface area contributed by atoms with Gasteiger partial charge in [-0.3, -0.25) is 4.79 Å². The molecule has 0 radical (unpaired) electrons. The first-order valence-corrected chi connectivity index (χ1v) is 13.3. The molecule has 1 saturated heterocycles. The molecule has 1 aromatic heterocycles. The van der Waals surface area contributed by atoms with Gasteiger partial charge >= 0.3 is 5.97 Å². The lowest BCUT2D eigenvalue weighted by molar-refractivity contribution is 0.0553. The third kappa shape index (κ3) is 4.78. The molecule has 9 nitrogen and oxygen atoms in total. The van der Waals surface area contributed by atoms with Crippen LogP contribution in [0.2, 0.25) is 0 Å². The van der Waals surface area contributed by atoms with Crippen LogP contribution in [0, 0.1) is 5.92 Å². The number of esters is 1. The number of rotatable bonds is 7. The normalized spacial score (nSPS) is 15.6. The van der Waals surface area contributed by atoms with Gasteiger partial charge in [0, 0.05) is 47.9 Å². The number of allylic oxidation sites excluding steroid dienone is 1. The molecule has 6 N–H and O–H groups in total. The number of hydrogen-bond acceptors (Lipinski definition) is 7. The summed E-state index contributed by atoms with van der Waals surface area (Å²) in [5, 5.41) is 2.97. The molecule has 1 fully saturated rings. The number of methoxy groups -OCH3 is 1. The fourth-order valence-electron chi connectivity index (χ4n) is 6.07. The van der Waals surface area contributed by atoms with E-state index < -0.39 is 11.9 Å². The summed E-state index contributed by atoms with van der Waals surface area (Å²) in [5.41, 5.74) is 17.5. The van der Waals surface area contributed by atoms with Crippen LogP contribution >= 0.6 is 0 Å². The number of nitrogens with zero attached hydrogens (tertiary/aromatic N) is 2. The van der Waals surface area contributed by atoms with Gasteiger partial charge in [-0.15, -0.1) is 0 Å². The molecule has 3 aromatic carbocycles. The Kier molecular flexibility index (Phi) is 7.51. The van der Waals surface area contributed by atoms with Crippen molar-refractivity contribution < 1.29 is 19.1 Å². The first kappa shape index (κ1) is 27.2. The lowest BCUT2D eigenvalue weighted by atomic mass is 9.86. The number of aromatic nitrogens is 1. The highest BCUT2D eigenvalue weighted by atomic mass is 16.5. The van der Waals surface area contributed by atoms with Gasteiger partial charge in [-0.05, 0) is 55.5 Å².